The van der Waals surface area contributed by atoms with E-state index in [2.05, 4.69) is 35.9 Å². The first-order chi connectivity index (χ1) is 13.9. The van der Waals surface area contributed by atoms with Gasteiger partial charge in [0.2, 0.25) is 5.89 Å². The molecule has 0 aliphatic heterocycles. The van der Waals surface area contributed by atoms with E-state index in [1.54, 1.807) is 0 Å². The highest BCUT2D eigenvalue weighted by molar-refractivity contribution is 5.62. The number of aromatic amines is 1. The van der Waals surface area contributed by atoms with Crippen LogP contribution in [-0.2, 0) is 19.5 Å². The predicted octanol–water partition coefficient (Wildman–Crippen LogP) is 2.70. The standard InChI is InChI=1S/C20H34N6O3/c1-5-7-9-10-25(13-16-22-15(24-29-16)12-14(3)4)17-18(21)26(11-8-6-2)20(28)23-19(17)27/h14H,5-13,21H2,1-4H3,(H,23,27,28). The van der Waals surface area contributed by atoms with Gasteiger partial charge in [0.05, 0.1) is 6.54 Å². The summed E-state index contributed by atoms with van der Waals surface area (Å²) in [6, 6.07) is 0. The Morgan fingerprint density at radius 3 is 2.55 bits per heavy atom. The summed E-state index contributed by atoms with van der Waals surface area (Å²) < 4.78 is 6.83. The predicted molar refractivity (Wildman–Crippen MR) is 114 cm³/mol. The van der Waals surface area contributed by atoms with Crippen LogP contribution in [0.4, 0.5) is 11.5 Å². The van der Waals surface area contributed by atoms with Gasteiger partial charge in [-0.05, 0) is 18.8 Å². The summed E-state index contributed by atoms with van der Waals surface area (Å²) in [4.78, 5) is 33.6. The average molecular weight is 407 g/mol. The van der Waals surface area contributed by atoms with Gasteiger partial charge in [0.15, 0.2) is 5.82 Å². The van der Waals surface area contributed by atoms with Gasteiger partial charge in [0, 0.05) is 19.5 Å². The van der Waals surface area contributed by atoms with Crippen LogP contribution in [-0.4, -0.2) is 26.2 Å². The van der Waals surface area contributed by atoms with Gasteiger partial charge in [0.1, 0.15) is 11.5 Å². The van der Waals surface area contributed by atoms with E-state index in [1.165, 1.54) is 4.57 Å². The number of H-pyrrole nitrogens is 1. The molecule has 0 spiro atoms. The Morgan fingerprint density at radius 2 is 1.90 bits per heavy atom. The van der Waals surface area contributed by atoms with Gasteiger partial charge >= 0.3 is 5.69 Å². The molecule has 0 aromatic carbocycles. The van der Waals surface area contributed by atoms with Crippen molar-refractivity contribution in [2.24, 2.45) is 5.92 Å². The van der Waals surface area contributed by atoms with Gasteiger partial charge in [-0.2, -0.15) is 4.98 Å². The SMILES string of the molecule is CCCCCN(Cc1nc(CC(C)C)no1)c1c(N)n(CCCC)c(=O)[nH]c1=O. The molecule has 0 fully saturated rings. The monoisotopic (exact) mass is 406 g/mol. The van der Waals surface area contributed by atoms with E-state index in [0.29, 0.717) is 36.4 Å². The molecule has 2 aromatic heterocycles. The number of nitrogens with one attached hydrogen (secondary N) is 1. The van der Waals surface area contributed by atoms with Gasteiger partial charge in [0.25, 0.3) is 5.56 Å². The molecule has 9 nitrogen and oxygen atoms in total. The van der Waals surface area contributed by atoms with Crippen LogP contribution >= 0.6 is 0 Å². The summed E-state index contributed by atoms with van der Waals surface area (Å²) in [7, 11) is 0. The van der Waals surface area contributed by atoms with Crippen LogP contribution in [0.3, 0.4) is 0 Å². The number of aromatic nitrogens is 4. The molecule has 2 aromatic rings. The number of anilines is 2. The summed E-state index contributed by atoms with van der Waals surface area (Å²) in [5, 5.41) is 4.03. The van der Waals surface area contributed by atoms with Crippen molar-refractivity contribution in [2.45, 2.75) is 79.3 Å². The lowest BCUT2D eigenvalue weighted by atomic mass is 10.1. The minimum Gasteiger partial charge on any atom is -0.383 e. The van der Waals surface area contributed by atoms with Gasteiger partial charge in [-0.15, -0.1) is 0 Å². The van der Waals surface area contributed by atoms with E-state index in [9.17, 15) is 9.59 Å². The molecule has 3 N–H and O–H groups in total. The summed E-state index contributed by atoms with van der Waals surface area (Å²) in [6.45, 7) is 9.68. The van der Waals surface area contributed by atoms with Crippen LogP contribution in [0.5, 0.6) is 0 Å². The number of nitrogens with zero attached hydrogens (tertiary/aromatic N) is 4. The molecular weight excluding hydrogens is 372 g/mol. The van der Waals surface area contributed by atoms with Crippen molar-refractivity contribution in [3.63, 3.8) is 0 Å². The van der Waals surface area contributed by atoms with Crippen LogP contribution in [0.15, 0.2) is 14.1 Å². The third kappa shape index (κ3) is 6.20. The maximum atomic E-state index is 12.6. The summed E-state index contributed by atoms with van der Waals surface area (Å²) in [6.07, 6.45) is 5.40. The molecule has 0 aliphatic carbocycles. The zero-order chi connectivity index (χ0) is 21.4. The second-order valence-corrected chi connectivity index (χ2v) is 7.83. The van der Waals surface area contributed by atoms with E-state index >= 15 is 0 Å². The van der Waals surface area contributed by atoms with Crippen LogP contribution in [0, 0.1) is 5.92 Å². The summed E-state index contributed by atoms with van der Waals surface area (Å²) in [5.74, 6) is 1.69. The highest BCUT2D eigenvalue weighted by Crippen LogP contribution is 2.20. The Morgan fingerprint density at radius 1 is 1.17 bits per heavy atom. The van der Waals surface area contributed by atoms with Gasteiger partial charge in [-0.25, -0.2) is 4.79 Å². The normalized spacial score (nSPS) is 11.3. The molecule has 0 saturated carbocycles. The first kappa shape index (κ1) is 22.7. The topological polar surface area (TPSA) is 123 Å². The van der Waals surface area contributed by atoms with Gasteiger partial charge in [-0.3, -0.25) is 14.3 Å². The lowest BCUT2D eigenvalue weighted by molar-refractivity contribution is 0.368. The van der Waals surface area contributed by atoms with Crippen molar-refractivity contribution < 1.29 is 4.52 Å². The highest BCUT2D eigenvalue weighted by Gasteiger charge is 2.21. The molecule has 29 heavy (non-hydrogen) atoms. The number of nitrogens with two attached hydrogens (primary N) is 1. The van der Waals surface area contributed by atoms with E-state index in [4.69, 9.17) is 10.3 Å². The fourth-order valence-corrected chi connectivity index (χ4v) is 3.21. The van der Waals surface area contributed by atoms with Crippen molar-refractivity contribution >= 4 is 11.5 Å². The van der Waals surface area contributed by atoms with Gasteiger partial charge < -0.3 is 15.2 Å². The van der Waals surface area contributed by atoms with E-state index in [-0.39, 0.29) is 12.4 Å². The summed E-state index contributed by atoms with van der Waals surface area (Å²) in [5.41, 5.74) is 5.62. The van der Waals surface area contributed by atoms with Gasteiger partial charge in [-0.1, -0.05) is 52.1 Å². The molecule has 0 atom stereocenters. The molecule has 0 saturated heterocycles. The number of unbranched alkanes of at least 4 members (excludes halogenated alkanes) is 3. The van der Waals surface area contributed by atoms with E-state index < -0.39 is 11.2 Å². The highest BCUT2D eigenvalue weighted by atomic mass is 16.5. The van der Waals surface area contributed by atoms with Crippen LogP contribution in [0.2, 0.25) is 0 Å². The smallest absolute Gasteiger partial charge is 0.330 e. The zero-order valence-electron chi connectivity index (χ0n) is 18.0. The van der Waals surface area contributed by atoms with Crippen LogP contribution in [0.1, 0.15) is 71.5 Å². The molecular formula is C20H34N6O3. The van der Waals surface area contributed by atoms with Crippen molar-refractivity contribution in [2.75, 3.05) is 17.2 Å². The third-order valence-corrected chi connectivity index (χ3v) is 4.72. The minimum absolute atomic E-state index is 0.186. The second-order valence-electron chi connectivity index (χ2n) is 7.83. The lowest BCUT2D eigenvalue weighted by Gasteiger charge is -2.24. The van der Waals surface area contributed by atoms with Crippen molar-refractivity contribution in [3.8, 4) is 0 Å². The molecule has 0 bridgehead atoms. The van der Waals surface area contributed by atoms with E-state index in [0.717, 1.165) is 38.5 Å². The average Bonchev–Trinajstić information content (AvgIpc) is 3.07. The van der Waals surface area contributed by atoms with E-state index in [1.807, 2.05) is 11.8 Å². The number of rotatable bonds is 12. The quantitative estimate of drug-likeness (QED) is 0.519. The third-order valence-electron chi connectivity index (χ3n) is 4.72. The Labute approximate surface area is 171 Å². The minimum atomic E-state index is -0.487. The molecule has 0 aliphatic rings. The largest absolute Gasteiger partial charge is 0.383 e. The number of hydrogen-bond donors (Lipinski definition) is 2. The Bertz CT molecular complexity index is 883. The molecule has 0 amide bonds. The first-order valence-corrected chi connectivity index (χ1v) is 10.6. The molecule has 2 heterocycles. The van der Waals surface area contributed by atoms with Crippen molar-refractivity contribution in [3.05, 3.63) is 32.6 Å². The Hall–Kier alpha value is -2.58. The molecule has 2 rings (SSSR count). The Balaban J connectivity index is 2.37. The Kier molecular flexibility index (Phi) is 8.48. The molecule has 0 unspecified atom stereocenters. The number of hydrogen-bond acceptors (Lipinski definition) is 7. The van der Waals surface area contributed by atoms with Crippen molar-refractivity contribution in [1.29, 1.82) is 0 Å². The summed E-state index contributed by atoms with van der Waals surface area (Å²) >= 11 is 0. The fourth-order valence-electron chi connectivity index (χ4n) is 3.21. The fraction of sp³-hybridized carbons (Fsp3) is 0.700. The van der Waals surface area contributed by atoms with Crippen LogP contribution in [0.25, 0.3) is 0 Å². The lowest BCUT2D eigenvalue weighted by Crippen LogP contribution is -2.38. The maximum absolute atomic E-state index is 12.6. The van der Waals surface area contributed by atoms with Crippen LogP contribution < -0.4 is 21.9 Å². The molecule has 162 valence electrons. The molecule has 0 radical (unpaired) electrons. The van der Waals surface area contributed by atoms with Crippen molar-refractivity contribution in [1.82, 2.24) is 19.7 Å². The number of nitrogen functional groups attached to an aromatic ring is 1. The first-order valence-electron chi connectivity index (χ1n) is 10.6. The molecule has 9 heteroatoms. The second kappa shape index (κ2) is 10.8. The maximum Gasteiger partial charge on any atom is 0.330 e. The zero-order valence-corrected chi connectivity index (χ0v) is 18.0.